The Morgan fingerprint density at radius 3 is 2.47 bits per heavy atom. The van der Waals surface area contributed by atoms with Crippen LogP contribution in [0.1, 0.15) is 26.6 Å². The van der Waals surface area contributed by atoms with Gasteiger partial charge in [-0.15, -0.1) is 0 Å². The Balaban J connectivity index is 2.49. The summed E-state index contributed by atoms with van der Waals surface area (Å²) in [7, 11) is 2.09. The Kier molecular flexibility index (Phi) is 2.29. The second kappa shape index (κ2) is 3.37. The highest BCUT2D eigenvalue weighted by atomic mass is 15.1. The highest BCUT2D eigenvalue weighted by Gasteiger charge is 2.16. The number of rotatable bonds is 1. The van der Waals surface area contributed by atoms with E-state index in [1.165, 1.54) is 11.3 Å². The molecule has 15 heavy (non-hydrogen) atoms. The number of benzene rings is 1. The standard InChI is InChI=1S/C13H18N2/c1-13(2,3)9-12-14-10-7-5-6-8-11(10)15(12)4/h5-8H,9H2,1-4H3. The van der Waals surface area contributed by atoms with Crippen LogP contribution in [0.4, 0.5) is 0 Å². The van der Waals surface area contributed by atoms with E-state index in [9.17, 15) is 0 Å². The molecule has 0 atom stereocenters. The van der Waals surface area contributed by atoms with Gasteiger partial charge in [-0.25, -0.2) is 4.98 Å². The molecule has 0 N–H and O–H groups in total. The van der Waals surface area contributed by atoms with E-state index in [0.29, 0.717) is 0 Å². The molecule has 0 fully saturated rings. The fourth-order valence-electron chi connectivity index (χ4n) is 1.83. The molecule has 2 nitrogen and oxygen atoms in total. The van der Waals surface area contributed by atoms with Gasteiger partial charge in [-0.1, -0.05) is 32.9 Å². The van der Waals surface area contributed by atoms with Gasteiger partial charge in [0.15, 0.2) is 0 Å². The third-order valence-electron chi connectivity index (χ3n) is 2.57. The Morgan fingerprint density at radius 1 is 1.20 bits per heavy atom. The first-order chi connectivity index (χ1) is 6.97. The molecule has 0 amide bonds. The largest absolute Gasteiger partial charge is 0.331 e. The maximum Gasteiger partial charge on any atom is 0.110 e. The summed E-state index contributed by atoms with van der Waals surface area (Å²) >= 11 is 0. The van der Waals surface area contributed by atoms with Crippen molar-refractivity contribution in [1.82, 2.24) is 9.55 Å². The topological polar surface area (TPSA) is 17.8 Å². The summed E-state index contributed by atoms with van der Waals surface area (Å²) < 4.78 is 2.20. The minimum absolute atomic E-state index is 0.287. The number of para-hydroxylation sites is 2. The summed E-state index contributed by atoms with van der Waals surface area (Å²) in [5, 5.41) is 0. The van der Waals surface area contributed by atoms with Crippen molar-refractivity contribution < 1.29 is 0 Å². The first kappa shape index (κ1) is 10.2. The first-order valence-corrected chi connectivity index (χ1v) is 5.38. The summed E-state index contributed by atoms with van der Waals surface area (Å²) in [6.45, 7) is 6.73. The lowest BCUT2D eigenvalue weighted by atomic mass is 9.92. The third kappa shape index (κ3) is 2.04. The van der Waals surface area contributed by atoms with Crippen LogP contribution in [0.15, 0.2) is 24.3 Å². The highest BCUT2D eigenvalue weighted by molar-refractivity contribution is 5.75. The SMILES string of the molecule is Cn1c(CC(C)(C)C)nc2ccccc21. The van der Waals surface area contributed by atoms with Gasteiger partial charge in [0.25, 0.3) is 0 Å². The summed E-state index contributed by atoms with van der Waals surface area (Å²) in [5.41, 5.74) is 2.60. The third-order valence-corrected chi connectivity index (χ3v) is 2.57. The van der Waals surface area contributed by atoms with Crippen molar-refractivity contribution in [3.8, 4) is 0 Å². The van der Waals surface area contributed by atoms with Gasteiger partial charge >= 0.3 is 0 Å². The fraction of sp³-hybridized carbons (Fsp3) is 0.462. The number of nitrogens with zero attached hydrogens (tertiary/aromatic N) is 2. The molecule has 0 saturated carbocycles. The number of hydrogen-bond donors (Lipinski definition) is 0. The molecule has 80 valence electrons. The molecule has 0 unspecified atom stereocenters. The normalized spacial score (nSPS) is 12.3. The van der Waals surface area contributed by atoms with E-state index >= 15 is 0 Å². The van der Waals surface area contributed by atoms with Crippen LogP contribution in [-0.4, -0.2) is 9.55 Å². The van der Waals surface area contributed by atoms with Crippen LogP contribution in [0.2, 0.25) is 0 Å². The number of hydrogen-bond acceptors (Lipinski definition) is 1. The quantitative estimate of drug-likeness (QED) is 0.694. The second-order valence-corrected chi connectivity index (χ2v) is 5.31. The predicted octanol–water partition coefficient (Wildman–Crippen LogP) is 3.16. The Bertz CT molecular complexity index is 475. The Labute approximate surface area is 90.9 Å². The minimum atomic E-state index is 0.287. The van der Waals surface area contributed by atoms with Crippen molar-refractivity contribution in [1.29, 1.82) is 0 Å². The maximum atomic E-state index is 4.66. The van der Waals surface area contributed by atoms with E-state index in [2.05, 4.69) is 55.6 Å². The zero-order chi connectivity index (χ0) is 11.1. The van der Waals surface area contributed by atoms with Gasteiger partial charge in [0.2, 0.25) is 0 Å². The molecule has 1 aromatic carbocycles. The van der Waals surface area contributed by atoms with Gasteiger partial charge in [0.05, 0.1) is 11.0 Å². The predicted molar refractivity (Wildman–Crippen MR) is 63.9 cm³/mol. The molecule has 0 spiro atoms. The molecule has 0 aliphatic heterocycles. The van der Waals surface area contributed by atoms with E-state index in [4.69, 9.17) is 0 Å². The fourth-order valence-corrected chi connectivity index (χ4v) is 1.83. The number of imidazole rings is 1. The summed E-state index contributed by atoms with van der Waals surface area (Å²) in [6.07, 6.45) is 1.01. The van der Waals surface area contributed by atoms with E-state index in [0.717, 1.165) is 11.9 Å². The highest BCUT2D eigenvalue weighted by Crippen LogP contribution is 2.22. The van der Waals surface area contributed by atoms with E-state index in [-0.39, 0.29) is 5.41 Å². The molecular formula is C13H18N2. The van der Waals surface area contributed by atoms with Crippen LogP contribution in [0.5, 0.6) is 0 Å². The van der Waals surface area contributed by atoms with Crippen molar-refractivity contribution >= 4 is 11.0 Å². The molecule has 0 saturated heterocycles. The number of aryl methyl sites for hydroxylation is 1. The lowest BCUT2D eigenvalue weighted by Crippen LogP contribution is -2.12. The zero-order valence-corrected chi connectivity index (χ0v) is 9.91. The van der Waals surface area contributed by atoms with E-state index in [1.54, 1.807) is 0 Å². The van der Waals surface area contributed by atoms with Crippen molar-refractivity contribution in [2.75, 3.05) is 0 Å². The van der Waals surface area contributed by atoms with Gasteiger partial charge in [-0.2, -0.15) is 0 Å². The molecule has 1 heterocycles. The van der Waals surface area contributed by atoms with Crippen LogP contribution in [0.25, 0.3) is 11.0 Å². The molecule has 0 radical (unpaired) electrons. The van der Waals surface area contributed by atoms with E-state index in [1.807, 2.05) is 6.07 Å². The van der Waals surface area contributed by atoms with Gasteiger partial charge < -0.3 is 4.57 Å². The average molecular weight is 202 g/mol. The van der Waals surface area contributed by atoms with Crippen molar-refractivity contribution in [2.45, 2.75) is 27.2 Å². The lowest BCUT2D eigenvalue weighted by molar-refractivity contribution is 0.396. The van der Waals surface area contributed by atoms with Crippen molar-refractivity contribution in [3.63, 3.8) is 0 Å². The van der Waals surface area contributed by atoms with Crippen LogP contribution >= 0.6 is 0 Å². The first-order valence-electron chi connectivity index (χ1n) is 5.38. The van der Waals surface area contributed by atoms with Crippen molar-refractivity contribution in [2.24, 2.45) is 12.5 Å². The van der Waals surface area contributed by atoms with E-state index < -0.39 is 0 Å². The molecule has 2 heteroatoms. The lowest BCUT2D eigenvalue weighted by Gasteiger charge is -2.17. The molecular weight excluding hydrogens is 184 g/mol. The number of aromatic nitrogens is 2. The van der Waals surface area contributed by atoms with Crippen LogP contribution in [0, 0.1) is 5.41 Å². The van der Waals surface area contributed by atoms with Crippen LogP contribution in [0.3, 0.4) is 0 Å². The van der Waals surface area contributed by atoms with Crippen LogP contribution in [-0.2, 0) is 13.5 Å². The molecule has 2 rings (SSSR count). The zero-order valence-electron chi connectivity index (χ0n) is 9.91. The molecule has 0 aliphatic carbocycles. The smallest absolute Gasteiger partial charge is 0.110 e. The maximum absolute atomic E-state index is 4.66. The monoisotopic (exact) mass is 202 g/mol. The minimum Gasteiger partial charge on any atom is -0.331 e. The summed E-state index contributed by atoms with van der Waals surface area (Å²) in [4.78, 5) is 4.66. The van der Waals surface area contributed by atoms with Crippen molar-refractivity contribution in [3.05, 3.63) is 30.1 Å². The average Bonchev–Trinajstić information content (AvgIpc) is 2.42. The Hall–Kier alpha value is -1.31. The molecule has 1 aromatic heterocycles. The number of fused-ring (bicyclic) bond motifs is 1. The Morgan fingerprint density at radius 2 is 1.87 bits per heavy atom. The molecule has 0 bridgehead atoms. The van der Waals surface area contributed by atoms with Gasteiger partial charge in [-0.05, 0) is 17.5 Å². The van der Waals surface area contributed by atoms with Gasteiger partial charge in [0, 0.05) is 13.5 Å². The van der Waals surface area contributed by atoms with Crippen LogP contribution < -0.4 is 0 Å². The van der Waals surface area contributed by atoms with Gasteiger partial charge in [-0.3, -0.25) is 0 Å². The summed E-state index contributed by atoms with van der Waals surface area (Å²) in [5.74, 6) is 1.17. The molecule has 2 aromatic rings. The second-order valence-electron chi connectivity index (χ2n) is 5.31. The van der Waals surface area contributed by atoms with Gasteiger partial charge in [0.1, 0.15) is 5.82 Å². The molecule has 0 aliphatic rings. The summed E-state index contributed by atoms with van der Waals surface area (Å²) in [6, 6.07) is 8.29.